The molecule has 5 atom stereocenters. The third-order valence-corrected chi connectivity index (χ3v) is 5.08. The summed E-state index contributed by atoms with van der Waals surface area (Å²) < 4.78 is 0. The van der Waals surface area contributed by atoms with Gasteiger partial charge >= 0.3 is 0 Å². The summed E-state index contributed by atoms with van der Waals surface area (Å²) in [5, 5.41) is 0. The molecule has 0 aliphatic heterocycles. The van der Waals surface area contributed by atoms with Crippen LogP contribution in [0, 0.1) is 29.1 Å². The Morgan fingerprint density at radius 2 is 2.00 bits per heavy atom. The highest BCUT2D eigenvalue weighted by Gasteiger charge is 2.64. The van der Waals surface area contributed by atoms with Crippen LogP contribution in [0.5, 0.6) is 0 Å². The minimum Gasteiger partial charge on any atom is -0.0651 e. The van der Waals surface area contributed by atoms with E-state index in [4.69, 9.17) is 0 Å². The summed E-state index contributed by atoms with van der Waals surface area (Å²) in [7, 11) is 0. The lowest BCUT2D eigenvalue weighted by atomic mass is 9.34. The topological polar surface area (TPSA) is 0 Å². The fraction of sp³-hybridized carbons (Fsp3) is 1.00. The molecule has 5 unspecified atom stereocenters. The molecular weight excluding hydrogens is 132 g/mol. The molecule has 64 valence electrons. The lowest BCUT2D eigenvalue weighted by Crippen LogP contribution is -2.64. The first-order valence-corrected chi connectivity index (χ1v) is 5.12. The fourth-order valence-corrected chi connectivity index (χ4v) is 3.85. The van der Waals surface area contributed by atoms with Crippen molar-refractivity contribution in [1.82, 2.24) is 0 Å². The Morgan fingerprint density at radius 3 is 2.36 bits per heavy atom. The van der Waals surface area contributed by atoms with E-state index in [0.717, 1.165) is 29.1 Å². The number of fused-ring (bicyclic) bond motifs is 1. The fourth-order valence-electron chi connectivity index (χ4n) is 3.85. The van der Waals surface area contributed by atoms with Crippen molar-refractivity contribution in [2.45, 2.75) is 40.5 Å². The van der Waals surface area contributed by atoms with Crippen LogP contribution in [0.3, 0.4) is 0 Å². The van der Waals surface area contributed by atoms with Gasteiger partial charge in [-0.1, -0.05) is 34.1 Å². The molecule has 11 heavy (non-hydrogen) atoms. The second-order valence-electron chi connectivity index (χ2n) is 4.97. The van der Waals surface area contributed by atoms with E-state index in [9.17, 15) is 0 Å². The van der Waals surface area contributed by atoms with Crippen molar-refractivity contribution in [3.8, 4) is 0 Å². The predicted octanol–water partition coefficient (Wildman–Crippen LogP) is 3.32. The standard InChI is InChI=1S/C11H20/c1-5-9-8(3)11(4)7(2)6-10(9)11/h7-10H,5-6H2,1-4H3. The van der Waals surface area contributed by atoms with Gasteiger partial charge in [0, 0.05) is 0 Å². The molecule has 0 aromatic heterocycles. The highest BCUT2D eigenvalue weighted by atomic mass is 14.7. The highest BCUT2D eigenvalue weighted by Crippen LogP contribution is 2.70. The third-order valence-electron chi connectivity index (χ3n) is 5.08. The first-order valence-electron chi connectivity index (χ1n) is 5.12. The van der Waals surface area contributed by atoms with E-state index in [-0.39, 0.29) is 0 Å². The second-order valence-corrected chi connectivity index (χ2v) is 4.97. The van der Waals surface area contributed by atoms with E-state index < -0.39 is 0 Å². The van der Waals surface area contributed by atoms with Crippen LogP contribution >= 0.6 is 0 Å². The van der Waals surface area contributed by atoms with Gasteiger partial charge in [0.1, 0.15) is 0 Å². The Labute approximate surface area is 70.4 Å². The van der Waals surface area contributed by atoms with E-state index in [2.05, 4.69) is 27.7 Å². The van der Waals surface area contributed by atoms with E-state index >= 15 is 0 Å². The van der Waals surface area contributed by atoms with E-state index in [1.54, 1.807) is 0 Å². The average Bonchev–Trinajstić information content (AvgIpc) is 2.03. The normalized spacial score (nSPS) is 61.1. The van der Waals surface area contributed by atoms with Crippen molar-refractivity contribution in [3.05, 3.63) is 0 Å². The zero-order valence-corrected chi connectivity index (χ0v) is 8.22. The molecule has 0 radical (unpaired) electrons. The smallest absolute Gasteiger partial charge is 0.0241 e. The zero-order valence-electron chi connectivity index (χ0n) is 8.22. The first kappa shape index (κ1) is 7.64. The molecule has 0 bridgehead atoms. The molecule has 0 aromatic carbocycles. The van der Waals surface area contributed by atoms with E-state index in [1.165, 1.54) is 12.8 Å². The minimum atomic E-state index is 0.751. The van der Waals surface area contributed by atoms with Crippen molar-refractivity contribution in [1.29, 1.82) is 0 Å². The monoisotopic (exact) mass is 152 g/mol. The molecule has 0 N–H and O–H groups in total. The van der Waals surface area contributed by atoms with Crippen LogP contribution in [0.15, 0.2) is 0 Å². The molecule has 2 rings (SSSR count). The molecule has 2 aliphatic carbocycles. The van der Waals surface area contributed by atoms with Gasteiger partial charge in [-0.25, -0.2) is 0 Å². The van der Waals surface area contributed by atoms with Crippen molar-refractivity contribution in [2.75, 3.05) is 0 Å². The molecule has 0 aromatic rings. The number of hydrogen-bond acceptors (Lipinski definition) is 0. The SMILES string of the molecule is CCC1C(C)C2(C)C(C)CC12. The van der Waals surface area contributed by atoms with Crippen molar-refractivity contribution < 1.29 is 0 Å². The van der Waals surface area contributed by atoms with Gasteiger partial charge in [-0.05, 0) is 35.5 Å². The van der Waals surface area contributed by atoms with Gasteiger partial charge in [-0.15, -0.1) is 0 Å². The summed E-state index contributed by atoms with van der Waals surface area (Å²) in [6.45, 7) is 9.74. The van der Waals surface area contributed by atoms with E-state index in [1.807, 2.05) is 0 Å². The lowest BCUT2D eigenvalue weighted by Gasteiger charge is -2.71. The molecule has 2 saturated carbocycles. The lowest BCUT2D eigenvalue weighted by molar-refractivity contribution is -0.224. The van der Waals surface area contributed by atoms with Crippen LogP contribution in [-0.4, -0.2) is 0 Å². The van der Waals surface area contributed by atoms with Crippen molar-refractivity contribution >= 4 is 0 Å². The van der Waals surface area contributed by atoms with Crippen LogP contribution in [0.25, 0.3) is 0 Å². The molecule has 0 spiro atoms. The molecule has 0 saturated heterocycles. The molecular formula is C11H20. The Morgan fingerprint density at radius 1 is 1.36 bits per heavy atom. The van der Waals surface area contributed by atoms with E-state index in [0.29, 0.717) is 0 Å². The molecule has 0 nitrogen and oxygen atoms in total. The number of rotatable bonds is 1. The van der Waals surface area contributed by atoms with Crippen LogP contribution in [-0.2, 0) is 0 Å². The summed E-state index contributed by atoms with van der Waals surface area (Å²) >= 11 is 0. The molecule has 0 heterocycles. The Balaban J connectivity index is 2.10. The summed E-state index contributed by atoms with van der Waals surface area (Å²) in [4.78, 5) is 0. The van der Waals surface area contributed by atoms with Gasteiger partial charge in [0.2, 0.25) is 0 Å². The number of hydrogen-bond donors (Lipinski definition) is 0. The zero-order chi connectivity index (χ0) is 8.22. The van der Waals surface area contributed by atoms with Gasteiger partial charge in [-0.2, -0.15) is 0 Å². The van der Waals surface area contributed by atoms with Crippen LogP contribution in [0.2, 0.25) is 0 Å². The Kier molecular flexibility index (Phi) is 1.41. The maximum atomic E-state index is 2.50. The Bertz CT molecular complexity index is 165. The molecule has 2 aliphatic rings. The summed E-state index contributed by atoms with van der Waals surface area (Å²) in [5.74, 6) is 4.17. The van der Waals surface area contributed by atoms with Gasteiger partial charge in [0.15, 0.2) is 0 Å². The third kappa shape index (κ3) is 0.625. The van der Waals surface area contributed by atoms with Crippen LogP contribution in [0.1, 0.15) is 40.5 Å². The predicted molar refractivity (Wildman–Crippen MR) is 48.3 cm³/mol. The van der Waals surface area contributed by atoms with Crippen molar-refractivity contribution in [2.24, 2.45) is 29.1 Å². The Hall–Kier alpha value is 0. The quantitative estimate of drug-likeness (QED) is 0.540. The maximum absolute atomic E-state index is 2.50. The molecule has 2 fully saturated rings. The van der Waals surface area contributed by atoms with Crippen molar-refractivity contribution in [3.63, 3.8) is 0 Å². The molecule has 0 heteroatoms. The summed E-state index contributed by atoms with van der Waals surface area (Å²) in [5.41, 5.74) is 0.751. The second kappa shape index (κ2) is 2.02. The summed E-state index contributed by atoms with van der Waals surface area (Å²) in [6, 6.07) is 0. The summed E-state index contributed by atoms with van der Waals surface area (Å²) in [6.07, 6.45) is 2.92. The maximum Gasteiger partial charge on any atom is -0.0241 e. The first-order chi connectivity index (χ1) is 5.12. The van der Waals surface area contributed by atoms with Gasteiger partial charge in [-0.3, -0.25) is 0 Å². The molecule has 0 amide bonds. The largest absolute Gasteiger partial charge is 0.0651 e. The van der Waals surface area contributed by atoms with Gasteiger partial charge < -0.3 is 0 Å². The minimum absolute atomic E-state index is 0.751. The highest BCUT2D eigenvalue weighted by molar-refractivity contribution is 5.12. The average molecular weight is 152 g/mol. The van der Waals surface area contributed by atoms with Gasteiger partial charge in [0.05, 0.1) is 0 Å². The van der Waals surface area contributed by atoms with Crippen LogP contribution < -0.4 is 0 Å². The van der Waals surface area contributed by atoms with Crippen LogP contribution in [0.4, 0.5) is 0 Å². The van der Waals surface area contributed by atoms with Gasteiger partial charge in [0.25, 0.3) is 0 Å².